The van der Waals surface area contributed by atoms with Gasteiger partial charge in [0.1, 0.15) is 41.2 Å². The van der Waals surface area contributed by atoms with E-state index in [-0.39, 0.29) is 87.5 Å². The van der Waals surface area contributed by atoms with E-state index in [1.165, 1.54) is 70.8 Å². The van der Waals surface area contributed by atoms with Gasteiger partial charge in [-0.1, -0.05) is 25.3 Å². The van der Waals surface area contributed by atoms with Gasteiger partial charge < -0.3 is 54.7 Å². The summed E-state index contributed by atoms with van der Waals surface area (Å²) in [7, 11) is 0. The lowest BCUT2D eigenvalue weighted by atomic mass is 9.39. The maximum absolute atomic E-state index is 12.7. The Bertz CT molecular complexity index is 2490. The number of carboxylic acids is 1. The molecule has 0 unspecified atom stereocenters. The van der Waals surface area contributed by atoms with Gasteiger partial charge in [0.15, 0.2) is 5.78 Å². The number of carboxylic acid groups (broad SMARTS) is 1. The number of aromatic hydroxyl groups is 2. The number of phenolic OH excluding ortho intramolecular Hbond substituents is 2. The molecule has 5 saturated carbocycles. The fraction of sp³-hybridized carbons (Fsp3) is 0.686. The van der Waals surface area contributed by atoms with E-state index >= 15 is 0 Å². The van der Waals surface area contributed by atoms with Crippen molar-refractivity contribution < 1.29 is 64.3 Å². The van der Waals surface area contributed by atoms with E-state index in [0.717, 1.165) is 42.5 Å². The average Bonchev–Trinajstić information content (AvgIpc) is 4.07. The molecule has 12 rings (SSSR count). The lowest BCUT2D eigenvalue weighted by Crippen LogP contribution is -2.81. The van der Waals surface area contributed by atoms with Crippen molar-refractivity contribution in [3.8, 4) is 17.2 Å². The molecule has 15 nitrogen and oxygen atoms in total. The maximum atomic E-state index is 12.7. The number of hydrogen-bond donors (Lipinski definition) is 9. The minimum Gasteiger partial charge on any atom is -0.507 e. The standard InChI is InChI=1S/C51H64N2O13/c1-25-36(26(2)56)40(58)38-30(39(25)57)14-28(44(61)62)15-33(38)65-45-41(59)43(60)51(35(19-55)66-45)17-32-37-27(21-64-51)6-7-31(37)49(12-13-54)24-63-20-29-16-46-22-48(11-5-10-47(48)8-3-4-9-47)18-34(46)52-53-50(32,23-46)42(29)49/h7,14-15,29,32,34-35,41-43,45,52-55,57-60H,3-6,8-13,16-24H2,1-2H3,(H,61,62)/t29-,32+,34-,35+,41+,42-,43+,45+,46+,48-,49+,50+,51+/m0/s1. The first-order valence-electron chi connectivity index (χ1n) is 24.5. The fourth-order valence-electron chi connectivity index (χ4n) is 17.8. The maximum Gasteiger partial charge on any atom is 0.335 e. The van der Waals surface area contributed by atoms with Crippen molar-refractivity contribution in [3.05, 3.63) is 51.6 Å². The van der Waals surface area contributed by atoms with Crippen LogP contribution in [0, 0.1) is 46.3 Å². The van der Waals surface area contributed by atoms with Crippen LogP contribution in [-0.2, 0) is 14.2 Å². The number of nitrogens with one attached hydrogen (secondary N) is 2. The third-order valence-corrected chi connectivity index (χ3v) is 20.0. The minimum atomic E-state index is -1.82. The molecule has 15 heteroatoms. The van der Waals surface area contributed by atoms with Crippen molar-refractivity contribution in [2.24, 2.45) is 39.4 Å². The van der Waals surface area contributed by atoms with Crippen LogP contribution >= 0.6 is 0 Å². The normalized spacial score (nSPS) is 42.7. The summed E-state index contributed by atoms with van der Waals surface area (Å²) >= 11 is 0. The van der Waals surface area contributed by atoms with E-state index in [1.54, 1.807) is 0 Å². The van der Waals surface area contributed by atoms with Gasteiger partial charge >= 0.3 is 5.97 Å². The summed E-state index contributed by atoms with van der Waals surface area (Å²) in [5.41, 5.74) is 9.02. The van der Waals surface area contributed by atoms with Gasteiger partial charge in [-0.2, -0.15) is 0 Å². The molecule has 3 saturated heterocycles. The van der Waals surface area contributed by atoms with Gasteiger partial charge in [-0.05, 0) is 141 Å². The number of fused-ring (bicyclic) bond motifs is 3. The number of benzene rings is 2. The molecule has 0 aromatic heterocycles. The van der Waals surface area contributed by atoms with Gasteiger partial charge in [-0.3, -0.25) is 15.6 Å². The summed E-state index contributed by atoms with van der Waals surface area (Å²) < 4.78 is 26.4. The molecule has 0 radical (unpaired) electrons. The minimum absolute atomic E-state index is 0.00495. The van der Waals surface area contributed by atoms with Crippen LogP contribution < -0.4 is 15.6 Å². The Morgan fingerprint density at radius 3 is 2.48 bits per heavy atom. The Balaban J connectivity index is 0.949. The van der Waals surface area contributed by atoms with Crippen molar-refractivity contribution in [1.82, 2.24) is 10.9 Å². The number of aliphatic hydroxyl groups excluding tert-OH is 4. The zero-order valence-electron chi connectivity index (χ0n) is 37.9. The molecular formula is C51H64N2O13. The molecular weight excluding hydrogens is 849 g/mol. The van der Waals surface area contributed by atoms with Crippen molar-refractivity contribution in [1.29, 1.82) is 0 Å². The largest absolute Gasteiger partial charge is 0.507 e. The molecule has 10 aliphatic rings. The Hall–Kier alpha value is -3.64. The van der Waals surface area contributed by atoms with Crippen LogP contribution in [0.3, 0.4) is 0 Å². The van der Waals surface area contributed by atoms with Crippen molar-refractivity contribution in [2.75, 3.05) is 33.0 Å². The van der Waals surface area contributed by atoms with Gasteiger partial charge in [-0.15, -0.1) is 0 Å². The number of ether oxygens (including phenoxy) is 4. The van der Waals surface area contributed by atoms with Gasteiger partial charge in [-0.25, -0.2) is 4.79 Å². The summed E-state index contributed by atoms with van der Waals surface area (Å²) in [6.07, 6.45) is 10.5. The Morgan fingerprint density at radius 2 is 1.74 bits per heavy atom. The molecule has 4 heterocycles. The second kappa shape index (κ2) is 14.7. The van der Waals surface area contributed by atoms with Gasteiger partial charge in [0.05, 0.1) is 36.3 Å². The van der Waals surface area contributed by atoms with Crippen LogP contribution in [0.2, 0.25) is 0 Å². The first kappa shape index (κ1) is 43.6. The Labute approximate surface area is 383 Å². The monoisotopic (exact) mass is 912 g/mol. The number of carbonyl (C=O) groups excluding carboxylic acids is 1. The lowest BCUT2D eigenvalue weighted by molar-refractivity contribution is -0.327. The molecule has 6 aliphatic carbocycles. The Kier molecular flexibility index (Phi) is 9.71. The van der Waals surface area contributed by atoms with E-state index in [2.05, 4.69) is 16.9 Å². The smallest absolute Gasteiger partial charge is 0.335 e. The number of rotatable bonds is 7. The third kappa shape index (κ3) is 5.46. The SMILES string of the molecule is CC(=O)c1c(C)c(O)c2cc(C(=O)O)cc(O[C@@H]3O[C@H](CO)[C@]4(C[C@@H]5C6=C(CC=C6[C@@]6(CCO)COC[C@@H]7C[C@@]89C[C@]5(NN[C@H]8C[C@@]5(CCCC58CCCC8)C9)[C@@H]76)CO4)[C@H](O)[C@H]3O)c2c1O. The molecule has 2 bridgehead atoms. The number of hydrogen-bond acceptors (Lipinski definition) is 14. The second-order valence-electron chi connectivity index (χ2n) is 22.5. The highest BCUT2D eigenvalue weighted by molar-refractivity contribution is 6.11. The number of allylic oxidation sites excluding steroid dienone is 1. The molecule has 5 spiro atoms. The van der Waals surface area contributed by atoms with Gasteiger partial charge in [0.2, 0.25) is 6.29 Å². The molecule has 9 N–H and O–H groups in total. The van der Waals surface area contributed by atoms with E-state index in [9.17, 15) is 45.3 Å². The topological polar surface area (TPSA) is 237 Å². The van der Waals surface area contributed by atoms with Crippen LogP contribution in [0.4, 0.5) is 0 Å². The van der Waals surface area contributed by atoms with Crippen molar-refractivity contribution in [2.45, 2.75) is 146 Å². The molecule has 8 fully saturated rings. The first-order chi connectivity index (χ1) is 31.6. The van der Waals surface area contributed by atoms with Crippen LogP contribution in [0.5, 0.6) is 17.2 Å². The summed E-state index contributed by atoms with van der Waals surface area (Å²) in [6.45, 7) is 3.24. The van der Waals surface area contributed by atoms with Crippen LogP contribution in [0.1, 0.15) is 123 Å². The van der Waals surface area contributed by atoms with E-state index in [0.29, 0.717) is 31.5 Å². The zero-order valence-corrected chi connectivity index (χ0v) is 37.9. The summed E-state index contributed by atoms with van der Waals surface area (Å²) in [5.74, 6) is -3.26. The number of phenols is 2. The predicted molar refractivity (Wildman–Crippen MR) is 237 cm³/mol. The molecule has 2 aromatic carbocycles. The van der Waals surface area contributed by atoms with E-state index in [4.69, 9.17) is 18.9 Å². The average molecular weight is 913 g/mol. The van der Waals surface area contributed by atoms with Crippen LogP contribution in [0.25, 0.3) is 10.8 Å². The number of ketones is 1. The third-order valence-electron chi connectivity index (χ3n) is 20.0. The van der Waals surface area contributed by atoms with Crippen LogP contribution in [-0.4, -0.2) is 122 Å². The number of aromatic carboxylic acids is 1. The number of carbonyl (C=O) groups is 2. The van der Waals surface area contributed by atoms with E-state index in [1.807, 2.05) is 0 Å². The molecule has 356 valence electrons. The molecule has 0 amide bonds. The van der Waals surface area contributed by atoms with Crippen LogP contribution in [0.15, 0.2) is 34.9 Å². The highest BCUT2D eigenvalue weighted by Gasteiger charge is 2.77. The molecule has 13 atom stereocenters. The van der Waals surface area contributed by atoms with Crippen molar-refractivity contribution >= 4 is 22.5 Å². The zero-order chi connectivity index (χ0) is 45.9. The van der Waals surface area contributed by atoms with Gasteiger partial charge in [0.25, 0.3) is 0 Å². The van der Waals surface area contributed by atoms with Crippen molar-refractivity contribution in [3.63, 3.8) is 0 Å². The molecule has 66 heavy (non-hydrogen) atoms. The summed E-state index contributed by atoms with van der Waals surface area (Å²) in [5, 5.41) is 79.8. The summed E-state index contributed by atoms with van der Waals surface area (Å²) in [4.78, 5) is 25.1. The lowest BCUT2D eigenvalue weighted by Gasteiger charge is -2.71. The van der Waals surface area contributed by atoms with Gasteiger partial charge in [0, 0.05) is 47.1 Å². The fourth-order valence-corrected chi connectivity index (χ4v) is 17.8. The molecule has 2 aromatic rings. The second-order valence-corrected chi connectivity index (χ2v) is 22.5. The predicted octanol–water partition coefficient (Wildman–Crippen LogP) is 4.84. The number of aliphatic hydroxyl groups is 4. The highest BCUT2D eigenvalue weighted by atomic mass is 16.7. The highest BCUT2D eigenvalue weighted by Crippen LogP contribution is 2.77. The number of hydrazine groups is 1. The first-order valence-corrected chi connectivity index (χ1v) is 24.5. The quantitative estimate of drug-likeness (QED) is 0.134. The molecule has 4 aliphatic heterocycles. The Morgan fingerprint density at radius 1 is 0.970 bits per heavy atom. The number of Topliss-reactive ketones (excluding diaryl/α,β-unsaturated/α-hetero) is 1. The van der Waals surface area contributed by atoms with E-state index < -0.39 is 71.0 Å². The summed E-state index contributed by atoms with van der Waals surface area (Å²) in [6, 6.07) is 2.53.